The van der Waals surface area contributed by atoms with E-state index in [1.807, 2.05) is 47.3 Å². The monoisotopic (exact) mass is 417 g/mol. The van der Waals surface area contributed by atoms with Crippen LogP contribution in [-0.2, 0) is 13.0 Å². The van der Waals surface area contributed by atoms with Crippen LogP contribution in [0.3, 0.4) is 0 Å². The molecule has 0 aliphatic heterocycles. The van der Waals surface area contributed by atoms with Gasteiger partial charge in [-0.05, 0) is 52.8 Å². The Hall–Kier alpha value is -2.15. The van der Waals surface area contributed by atoms with Crippen molar-refractivity contribution in [2.24, 2.45) is 0 Å². The van der Waals surface area contributed by atoms with E-state index in [2.05, 4.69) is 45.1 Å². The Morgan fingerprint density at radius 3 is 2.74 bits per heavy atom. The first-order valence-electron chi connectivity index (χ1n) is 7.34. The molecule has 116 valence electrons. The Labute approximate surface area is 148 Å². The van der Waals surface area contributed by atoms with Crippen molar-refractivity contribution in [1.82, 2.24) is 9.78 Å². The number of carbonyl (C=O) groups excluding carboxylic acids is 1. The first-order valence-corrected chi connectivity index (χ1v) is 8.42. The van der Waals surface area contributed by atoms with Crippen LogP contribution in [0.5, 0.6) is 0 Å². The molecule has 1 amide bonds. The minimum absolute atomic E-state index is 0.119. The Kier molecular flexibility index (Phi) is 5.07. The Morgan fingerprint density at radius 2 is 1.96 bits per heavy atom. The second-order valence-electron chi connectivity index (χ2n) is 5.19. The third kappa shape index (κ3) is 4.41. The second-order valence-corrected chi connectivity index (χ2v) is 6.44. The molecule has 23 heavy (non-hydrogen) atoms. The maximum Gasteiger partial charge on any atom is 0.255 e. The Morgan fingerprint density at radius 1 is 1.13 bits per heavy atom. The summed E-state index contributed by atoms with van der Waals surface area (Å²) in [6, 6.07) is 17.8. The molecule has 0 radical (unpaired) electrons. The minimum atomic E-state index is -0.119. The molecule has 1 N–H and O–H groups in total. The van der Waals surface area contributed by atoms with E-state index in [-0.39, 0.29) is 5.91 Å². The van der Waals surface area contributed by atoms with Gasteiger partial charge in [-0.15, -0.1) is 0 Å². The Bertz CT molecular complexity index is 799. The lowest BCUT2D eigenvalue weighted by molar-refractivity contribution is 0.102. The van der Waals surface area contributed by atoms with Gasteiger partial charge in [0.1, 0.15) is 0 Å². The number of aryl methyl sites for hydroxylation is 2. The smallest absolute Gasteiger partial charge is 0.255 e. The van der Waals surface area contributed by atoms with Gasteiger partial charge in [0, 0.05) is 21.9 Å². The predicted octanol–water partition coefficient (Wildman–Crippen LogP) is 3.98. The number of aromatic nitrogens is 2. The van der Waals surface area contributed by atoms with Crippen LogP contribution in [0.1, 0.15) is 15.9 Å². The highest BCUT2D eigenvalue weighted by molar-refractivity contribution is 14.1. The average molecular weight is 417 g/mol. The molecule has 3 rings (SSSR count). The number of nitrogens with one attached hydrogen (secondary N) is 1. The highest BCUT2D eigenvalue weighted by Gasteiger charge is 2.08. The van der Waals surface area contributed by atoms with Gasteiger partial charge in [-0.3, -0.25) is 9.48 Å². The summed E-state index contributed by atoms with van der Waals surface area (Å²) in [7, 11) is 0. The van der Waals surface area contributed by atoms with Gasteiger partial charge in [-0.1, -0.05) is 36.4 Å². The molecule has 0 spiro atoms. The predicted molar refractivity (Wildman–Crippen MR) is 99.5 cm³/mol. The molecule has 1 heterocycles. The summed E-state index contributed by atoms with van der Waals surface area (Å²) in [5.41, 5.74) is 2.63. The zero-order valence-electron chi connectivity index (χ0n) is 12.4. The van der Waals surface area contributed by atoms with Crippen LogP contribution < -0.4 is 5.32 Å². The van der Waals surface area contributed by atoms with E-state index in [0.29, 0.717) is 11.3 Å². The lowest BCUT2D eigenvalue weighted by Crippen LogP contribution is -2.11. The van der Waals surface area contributed by atoms with Gasteiger partial charge in [-0.2, -0.15) is 5.10 Å². The molecule has 0 unspecified atom stereocenters. The fourth-order valence-electron chi connectivity index (χ4n) is 2.27. The van der Waals surface area contributed by atoms with Crippen molar-refractivity contribution in [1.29, 1.82) is 0 Å². The summed E-state index contributed by atoms with van der Waals surface area (Å²) >= 11 is 2.19. The molecule has 5 heteroatoms. The third-order valence-electron chi connectivity index (χ3n) is 3.45. The van der Waals surface area contributed by atoms with Gasteiger partial charge < -0.3 is 5.32 Å². The summed E-state index contributed by atoms with van der Waals surface area (Å²) < 4.78 is 2.88. The number of carbonyl (C=O) groups is 1. The van der Waals surface area contributed by atoms with Crippen molar-refractivity contribution < 1.29 is 4.79 Å². The van der Waals surface area contributed by atoms with Crippen molar-refractivity contribution in [2.45, 2.75) is 13.0 Å². The maximum absolute atomic E-state index is 12.2. The number of halogens is 1. The van der Waals surface area contributed by atoms with E-state index in [1.54, 1.807) is 12.3 Å². The van der Waals surface area contributed by atoms with Crippen molar-refractivity contribution in [3.05, 3.63) is 81.7 Å². The lowest BCUT2D eigenvalue weighted by atomic mass is 10.1. The molecule has 0 atom stereocenters. The van der Waals surface area contributed by atoms with Crippen molar-refractivity contribution in [3.63, 3.8) is 0 Å². The summed E-state index contributed by atoms with van der Waals surface area (Å²) in [5, 5.41) is 7.17. The van der Waals surface area contributed by atoms with Gasteiger partial charge >= 0.3 is 0 Å². The fraction of sp³-hybridized carbons (Fsp3) is 0.111. The number of nitrogens with zero attached hydrogens (tertiary/aromatic N) is 2. The zero-order valence-corrected chi connectivity index (χ0v) is 14.6. The van der Waals surface area contributed by atoms with Crippen LogP contribution in [0, 0.1) is 3.57 Å². The zero-order chi connectivity index (χ0) is 16.1. The van der Waals surface area contributed by atoms with E-state index < -0.39 is 0 Å². The third-order valence-corrected chi connectivity index (χ3v) is 4.12. The maximum atomic E-state index is 12.2. The van der Waals surface area contributed by atoms with E-state index >= 15 is 0 Å². The number of hydrogen-bond donors (Lipinski definition) is 1. The molecule has 0 aliphatic carbocycles. The molecule has 0 bridgehead atoms. The second kappa shape index (κ2) is 7.41. The van der Waals surface area contributed by atoms with E-state index in [4.69, 9.17) is 0 Å². The van der Waals surface area contributed by atoms with Gasteiger partial charge in [0.2, 0.25) is 0 Å². The van der Waals surface area contributed by atoms with Gasteiger partial charge in [0.15, 0.2) is 0 Å². The van der Waals surface area contributed by atoms with E-state index in [0.717, 1.165) is 16.5 Å². The molecule has 4 nitrogen and oxygen atoms in total. The highest BCUT2D eigenvalue weighted by atomic mass is 127. The molecule has 2 aromatic carbocycles. The number of hydrogen-bond acceptors (Lipinski definition) is 2. The van der Waals surface area contributed by atoms with Crippen LogP contribution in [0.15, 0.2) is 67.0 Å². The van der Waals surface area contributed by atoms with Gasteiger partial charge in [-0.25, -0.2) is 0 Å². The molecule has 0 saturated carbocycles. The standard InChI is InChI=1S/C18H16IN3O/c19-16-8-4-7-15(11-16)18(23)21-17-12-20-22(13-17)10-9-14-5-2-1-3-6-14/h1-8,11-13H,9-10H2,(H,21,23). The first-order chi connectivity index (χ1) is 11.2. The van der Waals surface area contributed by atoms with Gasteiger partial charge in [0.05, 0.1) is 11.9 Å². The van der Waals surface area contributed by atoms with Crippen LogP contribution in [0.25, 0.3) is 0 Å². The lowest BCUT2D eigenvalue weighted by Gasteiger charge is -2.03. The topological polar surface area (TPSA) is 46.9 Å². The van der Waals surface area contributed by atoms with Crippen LogP contribution >= 0.6 is 22.6 Å². The Balaban J connectivity index is 1.60. The number of anilines is 1. The molecule has 1 aromatic heterocycles. The molecule has 0 aliphatic rings. The highest BCUT2D eigenvalue weighted by Crippen LogP contribution is 2.12. The molecular weight excluding hydrogens is 401 g/mol. The fourth-order valence-corrected chi connectivity index (χ4v) is 2.81. The summed E-state index contributed by atoms with van der Waals surface area (Å²) in [6.45, 7) is 0.781. The summed E-state index contributed by atoms with van der Waals surface area (Å²) in [5.74, 6) is -0.119. The molecule has 0 fully saturated rings. The van der Waals surface area contributed by atoms with Gasteiger partial charge in [0.25, 0.3) is 5.91 Å². The van der Waals surface area contributed by atoms with E-state index in [1.165, 1.54) is 5.56 Å². The number of amides is 1. The summed E-state index contributed by atoms with van der Waals surface area (Å²) in [4.78, 5) is 12.2. The quantitative estimate of drug-likeness (QED) is 0.639. The minimum Gasteiger partial charge on any atom is -0.319 e. The molecule has 3 aromatic rings. The number of rotatable bonds is 5. The normalized spacial score (nSPS) is 10.5. The SMILES string of the molecule is O=C(Nc1cnn(CCc2ccccc2)c1)c1cccc(I)c1. The number of benzene rings is 2. The molecule has 0 saturated heterocycles. The molecular formula is C18H16IN3O. The largest absolute Gasteiger partial charge is 0.319 e. The van der Waals surface area contributed by atoms with Crippen LogP contribution in [0.4, 0.5) is 5.69 Å². The van der Waals surface area contributed by atoms with Crippen molar-refractivity contribution in [2.75, 3.05) is 5.32 Å². The van der Waals surface area contributed by atoms with Crippen LogP contribution in [0.2, 0.25) is 0 Å². The van der Waals surface area contributed by atoms with Crippen molar-refractivity contribution in [3.8, 4) is 0 Å². The first kappa shape index (κ1) is 15.7. The average Bonchev–Trinajstić information content (AvgIpc) is 3.01. The van der Waals surface area contributed by atoms with Crippen molar-refractivity contribution >= 4 is 34.2 Å². The van der Waals surface area contributed by atoms with E-state index in [9.17, 15) is 4.79 Å². The van der Waals surface area contributed by atoms with Crippen LogP contribution in [-0.4, -0.2) is 15.7 Å². The summed E-state index contributed by atoms with van der Waals surface area (Å²) in [6.07, 6.45) is 4.44.